The number of benzene rings is 1. The van der Waals surface area contributed by atoms with Crippen molar-refractivity contribution in [3.63, 3.8) is 0 Å². The van der Waals surface area contributed by atoms with Crippen molar-refractivity contribution in [1.82, 2.24) is 0 Å². The van der Waals surface area contributed by atoms with Crippen molar-refractivity contribution in [2.45, 2.75) is 32.2 Å². The van der Waals surface area contributed by atoms with Gasteiger partial charge in [0.1, 0.15) is 0 Å². The van der Waals surface area contributed by atoms with Crippen molar-refractivity contribution >= 4 is 5.97 Å². The number of aliphatic carboxylic acids is 1. The summed E-state index contributed by atoms with van der Waals surface area (Å²) in [5.74, 6) is -1.06. The summed E-state index contributed by atoms with van der Waals surface area (Å²) in [5, 5.41) is 9.03. The van der Waals surface area contributed by atoms with E-state index in [2.05, 4.69) is 19.1 Å². The third-order valence-electron chi connectivity index (χ3n) is 3.37. The van der Waals surface area contributed by atoms with Crippen LogP contribution in [0, 0.1) is 5.92 Å². The molecule has 1 aromatic carbocycles. The van der Waals surface area contributed by atoms with Gasteiger partial charge in [-0.05, 0) is 36.0 Å². The molecule has 2 atom stereocenters. The second-order valence-electron chi connectivity index (χ2n) is 4.47. The Bertz CT molecular complexity index is 414. The first-order valence-corrected chi connectivity index (χ1v) is 5.72. The van der Waals surface area contributed by atoms with Crippen LogP contribution < -0.4 is 5.73 Å². The van der Waals surface area contributed by atoms with Crippen molar-refractivity contribution < 1.29 is 9.90 Å². The predicted octanol–water partition coefficient (Wildman–Crippen LogP) is 1.90. The van der Waals surface area contributed by atoms with Crippen LogP contribution in [-0.2, 0) is 17.6 Å². The van der Waals surface area contributed by atoms with Crippen LogP contribution >= 0.6 is 0 Å². The third-order valence-corrected chi connectivity index (χ3v) is 3.37. The molecular weight excluding hydrogens is 202 g/mol. The van der Waals surface area contributed by atoms with Gasteiger partial charge in [-0.1, -0.05) is 25.1 Å². The molecule has 3 heteroatoms. The average molecular weight is 219 g/mol. The topological polar surface area (TPSA) is 63.3 Å². The lowest BCUT2D eigenvalue weighted by Gasteiger charge is -2.27. The standard InChI is InChI=1S/C13H17NO2/c1-2-8-3-4-9-6-10(13(15)16)7-12(14)11(9)5-8/h3-5,10,12H,2,6-7,14H2,1H3,(H,15,16). The third kappa shape index (κ3) is 1.95. The molecular formula is C13H17NO2. The second kappa shape index (κ2) is 4.26. The Morgan fingerprint density at radius 1 is 1.56 bits per heavy atom. The summed E-state index contributed by atoms with van der Waals surface area (Å²) in [6, 6.07) is 6.09. The van der Waals surface area contributed by atoms with Gasteiger partial charge in [0.2, 0.25) is 0 Å². The van der Waals surface area contributed by atoms with Crippen LogP contribution in [0.25, 0.3) is 0 Å². The molecule has 1 aliphatic rings. The number of carboxylic acid groups (broad SMARTS) is 1. The molecule has 0 saturated carbocycles. The molecule has 0 aliphatic heterocycles. The van der Waals surface area contributed by atoms with Gasteiger partial charge in [-0.25, -0.2) is 0 Å². The first kappa shape index (κ1) is 11.1. The van der Waals surface area contributed by atoms with Crippen molar-refractivity contribution in [1.29, 1.82) is 0 Å². The number of fused-ring (bicyclic) bond motifs is 1. The lowest BCUT2D eigenvalue weighted by Crippen LogP contribution is -2.29. The fourth-order valence-corrected chi connectivity index (χ4v) is 2.37. The molecule has 0 saturated heterocycles. The maximum atomic E-state index is 11.0. The summed E-state index contributed by atoms with van der Waals surface area (Å²) < 4.78 is 0. The zero-order valence-corrected chi connectivity index (χ0v) is 9.44. The van der Waals surface area contributed by atoms with E-state index in [0.717, 1.165) is 17.5 Å². The van der Waals surface area contributed by atoms with E-state index in [0.29, 0.717) is 12.8 Å². The monoisotopic (exact) mass is 219 g/mol. The molecule has 0 aromatic heterocycles. The van der Waals surface area contributed by atoms with Gasteiger partial charge in [-0.2, -0.15) is 0 Å². The highest BCUT2D eigenvalue weighted by Gasteiger charge is 2.28. The number of rotatable bonds is 2. The quantitative estimate of drug-likeness (QED) is 0.798. The Balaban J connectivity index is 2.34. The Morgan fingerprint density at radius 2 is 2.31 bits per heavy atom. The summed E-state index contributed by atoms with van der Waals surface area (Å²) in [4.78, 5) is 11.0. The molecule has 0 fully saturated rings. The van der Waals surface area contributed by atoms with E-state index in [9.17, 15) is 4.79 Å². The van der Waals surface area contributed by atoms with Crippen LogP contribution in [0.2, 0.25) is 0 Å². The molecule has 2 rings (SSSR count). The van der Waals surface area contributed by atoms with Crippen LogP contribution in [0.1, 0.15) is 36.1 Å². The van der Waals surface area contributed by atoms with Gasteiger partial charge < -0.3 is 10.8 Å². The van der Waals surface area contributed by atoms with Gasteiger partial charge in [0.25, 0.3) is 0 Å². The number of carboxylic acids is 1. The van der Waals surface area contributed by atoms with E-state index in [1.165, 1.54) is 5.56 Å². The molecule has 1 aromatic rings. The van der Waals surface area contributed by atoms with E-state index in [4.69, 9.17) is 10.8 Å². The van der Waals surface area contributed by atoms with Crippen LogP contribution in [0.5, 0.6) is 0 Å². The number of carbonyl (C=O) groups is 1. The minimum atomic E-state index is -0.735. The van der Waals surface area contributed by atoms with Gasteiger partial charge in [-0.15, -0.1) is 0 Å². The Hall–Kier alpha value is -1.35. The van der Waals surface area contributed by atoms with Crippen molar-refractivity contribution in [2.75, 3.05) is 0 Å². The van der Waals surface area contributed by atoms with Crippen LogP contribution in [0.4, 0.5) is 0 Å². The molecule has 3 nitrogen and oxygen atoms in total. The van der Waals surface area contributed by atoms with Crippen molar-refractivity contribution in [3.8, 4) is 0 Å². The fraction of sp³-hybridized carbons (Fsp3) is 0.462. The molecule has 0 radical (unpaired) electrons. The van der Waals surface area contributed by atoms with Crippen molar-refractivity contribution in [3.05, 3.63) is 34.9 Å². The zero-order valence-electron chi connectivity index (χ0n) is 9.44. The molecule has 0 heterocycles. The number of nitrogens with two attached hydrogens (primary N) is 1. The molecule has 0 amide bonds. The first-order chi connectivity index (χ1) is 7.61. The average Bonchev–Trinajstić information content (AvgIpc) is 2.28. The molecule has 0 spiro atoms. The highest BCUT2D eigenvalue weighted by molar-refractivity contribution is 5.71. The SMILES string of the molecule is CCc1ccc2c(c1)C(N)CC(C(=O)O)C2. The van der Waals surface area contributed by atoms with Crippen molar-refractivity contribution in [2.24, 2.45) is 11.7 Å². The summed E-state index contributed by atoms with van der Waals surface area (Å²) in [6.45, 7) is 2.11. The molecule has 2 unspecified atom stereocenters. The van der Waals surface area contributed by atoms with E-state index >= 15 is 0 Å². The molecule has 1 aliphatic carbocycles. The molecule has 0 bridgehead atoms. The zero-order chi connectivity index (χ0) is 11.7. The number of hydrogen-bond acceptors (Lipinski definition) is 2. The summed E-state index contributed by atoms with van der Waals surface area (Å²) in [5.41, 5.74) is 9.54. The molecule has 16 heavy (non-hydrogen) atoms. The number of aryl methyl sites for hydroxylation is 1. The van der Waals surface area contributed by atoms with Gasteiger partial charge in [-0.3, -0.25) is 4.79 Å². The minimum Gasteiger partial charge on any atom is -0.481 e. The largest absolute Gasteiger partial charge is 0.481 e. The maximum Gasteiger partial charge on any atom is 0.306 e. The summed E-state index contributed by atoms with van der Waals surface area (Å²) >= 11 is 0. The van der Waals surface area contributed by atoms with Gasteiger partial charge in [0.05, 0.1) is 5.92 Å². The highest BCUT2D eigenvalue weighted by Crippen LogP contribution is 2.32. The normalized spacial score (nSPS) is 23.9. The fourth-order valence-electron chi connectivity index (χ4n) is 2.37. The molecule has 86 valence electrons. The minimum absolute atomic E-state index is 0.128. The predicted molar refractivity (Wildman–Crippen MR) is 62.2 cm³/mol. The van der Waals surface area contributed by atoms with Gasteiger partial charge in [0.15, 0.2) is 0 Å². The lowest BCUT2D eigenvalue weighted by molar-refractivity contribution is -0.142. The van der Waals surface area contributed by atoms with E-state index in [1.807, 2.05) is 6.07 Å². The van der Waals surface area contributed by atoms with E-state index < -0.39 is 5.97 Å². The van der Waals surface area contributed by atoms with E-state index in [-0.39, 0.29) is 12.0 Å². The Kier molecular flexibility index (Phi) is 2.97. The summed E-state index contributed by atoms with van der Waals surface area (Å²) in [6.07, 6.45) is 2.15. The van der Waals surface area contributed by atoms with E-state index in [1.54, 1.807) is 0 Å². The number of hydrogen-bond donors (Lipinski definition) is 2. The first-order valence-electron chi connectivity index (χ1n) is 5.72. The van der Waals surface area contributed by atoms with Gasteiger partial charge in [0, 0.05) is 6.04 Å². The Morgan fingerprint density at radius 3 is 2.94 bits per heavy atom. The van der Waals surface area contributed by atoms with Gasteiger partial charge >= 0.3 is 5.97 Å². The summed E-state index contributed by atoms with van der Waals surface area (Å²) in [7, 11) is 0. The smallest absolute Gasteiger partial charge is 0.306 e. The maximum absolute atomic E-state index is 11.0. The second-order valence-corrected chi connectivity index (χ2v) is 4.47. The highest BCUT2D eigenvalue weighted by atomic mass is 16.4. The van der Waals surface area contributed by atoms with Crippen LogP contribution in [-0.4, -0.2) is 11.1 Å². The van der Waals surface area contributed by atoms with Crippen LogP contribution in [0.15, 0.2) is 18.2 Å². The Labute approximate surface area is 95.3 Å². The van der Waals surface area contributed by atoms with Crippen LogP contribution in [0.3, 0.4) is 0 Å². The molecule has 3 N–H and O–H groups in total. The lowest BCUT2D eigenvalue weighted by atomic mass is 9.80.